The smallest absolute Gasteiger partial charge is 0.0558 e. The molecule has 1 aliphatic rings. The third-order valence-corrected chi connectivity index (χ3v) is 2.86. The molecule has 2 N–H and O–H groups in total. The fourth-order valence-electron chi connectivity index (χ4n) is 1.62. The number of piperidine rings is 1. The summed E-state index contributed by atoms with van der Waals surface area (Å²) in [5.41, 5.74) is 0.131. The average molecular weight is 173 g/mol. The van der Waals surface area contributed by atoms with E-state index in [9.17, 15) is 0 Å². The molecule has 3 nitrogen and oxygen atoms in total. The first kappa shape index (κ1) is 9.96. The molecule has 0 unspecified atom stereocenters. The van der Waals surface area contributed by atoms with Crippen molar-refractivity contribution in [2.24, 2.45) is 5.41 Å². The van der Waals surface area contributed by atoms with E-state index in [1.165, 1.54) is 0 Å². The maximum Gasteiger partial charge on any atom is 0.0558 e. The van der Waals surface area contributed by atoms with Gasteiger partial charge >= 0.3 is 0 Å². The standard InChI is InChI=1S/C9H19NO2/c1-9(8-12)2-4-10(5-3-9)6-7-11/h11-12H,2-8H2,1H3. The highest BCUT2D eigenvalue weighted by Gasteiger charge is 2.28. The summed E-state index contributed by atoms with van der Waals surface area (Å²) < 4.78 is 0. The van der Waals surface area contributed by atoms with Gasteiger partial charge in [0.15, 0.2) is 0 Å². The summed E-state index contributed by atoms with van der Waals surface area (Å²) in [6, 6.07) is 0. The van der Waals surface area contributed by atoms with Crippen LogP contribution in [0.1, 0.15) is 19.8 Å². The molecule has 1 aliphatic heterocycles. The SMILES string of the molecule is CC1(CO)CCN(CCO)CC1. The molecule has 1 saturated heterocycles. The second-order valence-corrected chi connectivity index (χ2v) is 4.03. The van der Waals surface area contributed by atoms with E-state index in [2.05, 4.69) is 11.8 Å². The summed E-state index contributed by atoms with van der Waals surface area (Å²) in [4.78, 5) is 2.25. The second kappa shape index (κ2) is 4.21. The molecule has 12 heavy (non-hydrogen) atoms. The van der Waals surface area contributed by atoms with Crippen molar-refractivity contribution in [3.05, 3.63) is 0 Å². The Labute approximate surface area is 74.0 Å². The molecule has 0 saturated carbocycles. The van der Waals surface area contributed by atoms with Crippen LogP contribution in [0.4, 0.5) is 0 Å². The van der Waals surface area contributed by atoms with Gasteiger partial charge in [0, 0.05) is 13.2 Å². The molecule has 0 atom stereocenters. The lowest BCUT2D eigenvalue weighted by atomic mass is 9.81. The normalized spacial score (nSPS) is 24.2. The third-order valence-electron chi connectivity index (χ3n) is 2.86. The summed E-state index contributed by atoms with van der Waals surface area (Å²) in [7, 11) is 0. The summed E-state index contributed by atoms with van der Waals surface area (Å²) >= 11 is 0. The number of likely N-dealkylation sites (tertiary alicyclic amines) is 1. The van der Waals surface area contributed by atoms with Crippen LogP contribution < -0.4 is 0 Å². The number of hydrogen-bond acceptors (Lipinski definition) is 3. The van der Waals surface area contributed by atoms with Crippen LogP contribution in [0.5, 0.6) is 0 Å². The van der Waals surface area contributed by atoms with Gasteiger partial charge in [-0.3, -0.25) is 0 Å². The molecule has 0 radical (unpaired) electrons. The van der Waals surface area contributed by atoms with Crippen LogP contribution in [0.15, 0.2) is 0 Å². The van der Waals surface area contributed by atoms with Crippen LogP contribution in [0.2, 0.25) is 0 Å². The Morgan fingerprint density at radius 1 is 1.25 bits per heavy atom. The minimum atomic E-state index is 0.131. The van der Waals surface area contributed by atoms with E-state index in [-0.39, 0.29) is 12.0 Å². The van der Waals surface area contributed by atoms with Crippen LogP contribution >= 0.6 is 0 Å². The number of aliphatic hydroxyl groups is 2. The second-order valence-electron chi connectivity index (χ2n) is 4.03. The zero-order chi connectivity index (χ0) is 9.03. The number of hydrogen-bond donors (Lipinski definition) is 2. The highest BCUT2D eigenvalue weighted by molar-refractivity contribution is 4.81. The fraction of sp³-hybridized carbons (Fsp3) is 1.00. The van der Waals surface area contributed by atoms with E-state index in [4.69, 9.17) is 10.2 Å². The Morgan fingerprint density at radius 3 is 2.25 bits per heavy atom. The van der Waals surface area contributed by atoms with E-state index < -0.39 is 0 Å². The van der Waals surface area contributed by atoms with Crippen molar-refractivity contribution in [1.82, 2.24) is 4.90 Å². The first-order valence-corrected chi connectivity index (χ1v) is 4.64. The van der Waals surface area contributed by atoms with Crippen LogP contribution in [-0.2, 0) is 0 Å². The lowest BCUT2D eigenvalue weighted by Crippen LogP contribution is -2.41. The molecule has 72 valence electrons. The number of nitrogens with zero attached hydrogens (tertiary/aromatic N) is 1. The highest BCUT2D eigenvalue weighted by atomic mass is 16.3. The quantitative estimate of drug-likeness (QED) is 0.635. The molecule has 0 aromatic carbocycles. The highest BCUT2D eigenvalue weighted by Crippen LogP contribution is 2.29. The van der Waals surface area contributed by atoms with E-state index in [1.54, 1.807) is 0 Å². The van der Waals surface area contributed by atoms with Crippen molar-refractivity contribution in [1.29, 1.82) is 0 Å². The molecule has 0 spiro atoms. The minimum absolute atomic E-state index is 0.131. The van der Waals surface area contributed by atoms with Gasteiger partial charge in [0.25, 0.3) is 0 Å². The van der Waals surface area contributed by atoms with Gasteiger partial charge in [0.1, 0.15) is 0 Å². The minimum Gasteiger partial charge on any atom is -0.396 e. The first-order chi connectivity index (χ1) is 5.70. The topological polar surface area (TPSA) is 43.7 Å². The van der Waals surface area contributed by atoms with Gasteiger partial charge in [-0.25, -0.2) is 0 Å². The molecule has 1 heterocycles. The largest absolute Gasteiger partial charge is 0.396 e. The van der Waals surface area contributed by atoms with Crippen molar-refractivity contribution in [2.45, 2.75) is 19.8 Å². The van der Waals surface area contributed by atoms with Gasteiger partial charge in [-0.1, -0.05) is 6.92 Å². The number of aliphatic hydroxyl groups excluding tert-OH is 2. The van der Waals surface area contributed by atoms with Crippen LogP contribution in [-0.4, -0.2) is 48.0 Å². The van der Waals surface area contributed by atoms with E-state index >= 15 is 0 Å². The van der Waals surface area contributed by atoms with E-state index in [1.807, 2.05) is 0 Å². The molecule has 0 aliphatic carbocycles. The average Bonchev–Trinajstić information content (AvgIpc) is 2.10. The summed E-state index contributed by atoms with van der Waals surface area (Å²) in [6.07, 6.45) is 2.09. The fourth-order valence-corrected chi connectivity index (χ4v) is 1.62. The van der Waals surface area contributed by atoms with Crippen molar-refractivity contribution < 1.29 is 10.2 Å². The Balaban J connectivity index is 2.29. The Hall–Kier alpha value is -0.120. The molecule has 0 aromatic heterocycles. The molecule has 0 aromatic rings. The molecular formula is C9H19NO2. The third kappa shape index (κ3) is 2.44. The predicted octanol–water partition coefficient (Wildman–Crippen LogP) is 0.0731. The van der Waals surface area contributed by atoms with Gasteiger partial charge in [0.2, 0.25) is 0 Å². The Kier molecular flexibility index (Phi) is 3.50. The monoisotopic (exact) mass is 173 g/mol. The molecule has 0 amide bonds. The molecule has 0 bridgehead atoms. The Morgan fingerprint density at radius 2 is 1.83 bits per heavy atom. The van der Waals surface area contributed by atoms with Crippen LogP contribution in [0.25, 0.3) is 0 Å². The van der Waals surface area contributed by atoms with E-state index in [0.29, 0.717) is 6.61 Å². The van der Waals surface area contributed by atoms with Gasteiger partial charge in [0.05, 0.1) is 6.61 Å². The number of rotatable bonds is 3. The maximum absolute atomic E-state index is 9.10. The molecular weight excluding hydrogens is 154 g/mol. The van der Waals surface area contributed by atoms with E-state index in [0.717, 1.165) is 32.5 Å². The van der Waals surface area contributed by atoms with Gasteiger partial charge in [-0.05, 0) is 31.3 Å². The maximum atomic E-state index is 9.10. The summed E-state index contributed by atoms with van der Waals surface area (Å²) in [5.74, 6) is 0. The lowest BCUT2D eigenvalue weighted by Gasteiger charge is -2.37. The lowest BCUT2D eigenvalue weighted by molar-refractivity contribution is 0.0517. The van der Waals surface area contributed by atoms with Gasteiger partial charge in [-0.15, -0.1) is 0 Å². The molecule has 1 rings (SSSR count). The van der Waals surface area contributed by atoms with Crippen molar-refractivity contribution in [3.63, 3.8) is 0 Å². The first-order valence-electron chi connectivity index (χ1n) is 4.64. The van der Waals surface area contributed by atoms with Crippen molar-refractivity contribution >= 4 is 0 Å². The number of β-amino-alcohol motifs (C(OH)–C–C–N with tert-alkyl or cyclic N) is 1. The molecule has 3 heteroatoms. The van der Waals surface area contributed by atoms with Gasteiger partial charge < -0.3 is 15.1 Å². The van der Waals surface area contributed by atoms with Crippen LogP contribution in [0, 0.1) is 5.41 Å². The predicted molar refractivity (Wildman–Crippen MR) is 48.0 cm³/mol. The molecule has 1 fully saturated rings. The Bertz CT molecular complexity index is 130. The van der Waals surface area contributed by atoms with Crippen molar-refractivity contribution in [2.75, 3.05) is 32.8 Å². The summed E-state index contributed by atoms with van der Waals surface area (Å²) in [6.45, 7) is 5.47. The summed E-state index contributed by atoms with van der Waals surface area (Å²) in [5, 5.41) is 17.8. The van der Waals surface area contributed by atoms with Gasteiger partial charge in [-0.2, -0.15) is 0 Å². The zero-order valence-corrected chi connectivity index (χ0v) is 7.79. The zero-order valence-electron chi connectivity index (χ0n) is 7.79. The van der Waals surface area contributed by atoms with Crippen molar-refractivity contribution in [3.8, 4) is 0 Å². The van der Waals surface area contributed by atoms with Crippen LogP contribution in [0.3, 0.4) is 0 Å².